The van der Waals surface area contributed by atoms with Gasteiger partial charge in [-0.3, -0.25) is 10.1 Å². The van der Waals surface area contributed by atoms with Gasteiger partial charge in [-0.05, 0) is 24.3 Å². The second kappa shape index (κ2) is 4.62. The smallest absolute Gasteiger partial charge is 0.269 e. The molecule has 0 radical (unpaired) electrons. The van der Waals surface area contributed by atoms with Gasteiger partial charge in [0.1, 0.15) is 0 Å². The Morgan fingerprint density at radius 2 is 1.56 bits per heavy atom. The van der Waals surface area contributed by atoms with Gasteiger partial charge in [-0.1, -0.05) is 0 Å². The van der Waals surface area contributed by atoms with Gasteiger partial charge < -0.3 is 15.5 Å². The highest BCUT2D eigenvalue weighted by molar-refractivity contribution is 5.63. The Morgan fingerprint density at radius 3 is 2.11 bits per heavy atom. The summed E-state index contributed by atoms with van der Waals surface area (Å²) in [6, 6.07) is 10.2. The topological polar surface area (TPSA) is 95.6 Å². The molecule has 0 unspecified atom stereocenters. The van der Waals surface area contributed by atoms with Crippen LogP contribution in [0.5, 0.6) is 11.5 Å². The third-order valence-corrected chi connectivity index (χ3v) is 2.34. The molecule has 0 aliphatic heterocycles. The van der Waals surface area contributed by atoms with E-state index in [-0.39, 0.29) is 17.2 Å². The average molecular weight is 246 g/mol. The van der Waals surface area contributed by atoms with Gasteiger partial charge in [0, 0.05) is 29.6 Å². The second-order valence-corrected chi connectivity index (χ2v) is 3.63. The van der Waals surface area contributed by atoms with E-state index in [9.17, 15) is 15.2 Å². The van der Waals surface area contributed by atoms with Crippen molar-refractivity contribution in [2.24, 2.45) is 0 Å². The SMILES string of the molecule is O=[N+]([O-])c1ccc(Nc2ccc(O)c(O)c2)cc1. The molecule has 0 bridgehead atoms. The van der Waals surface area contributed by atoms with Gasteiger partial charge in [-0.15, -0.1) is 0 Å². The number of phenolic OH excluding ortho intramolecular Hbond substituents is 2. The maximum atomic E-state index is 10.5. The highest BCUT2D eigenvalue weighted by Gasteiger charge is 2.05. The zero-order valence-electron chi connectivity index (χ0n) is 9.20. The van der Waals surface area contributed by atoms with Crippen LogP contribution in [0.25, 0.3) is 0 Å². The minimum absolute atomic E-state index is 0.00843. The molecular formula is C12H10N2O4. The first-order valence-electron chi connectivity index (χ1n) is 5.10. The van der Waals surface area contributed by atoms with Crippen molar-refractivity contribution in [1.82, 2.24) is 0 Å². The minimum Gasteiger partial charge on any atom is -0.504 e. The summed E-state index contributed by atoms with van der Waals surface area (Å²) in [5.74, 6) is -0.439. The summed E-state index contributed by atoms with van der Waals surface area (Å²) in [7, 11) is 0. The van der Waals surface area contributed by atoms with Crippen LogP contribution in [0.2, 0.25) is 0 Å². The first-order valence-corrected chi connectivity index (χ1v) is 5.10. The molecule has 0 aliphatic rings. The number of nitrogens with one attached hydrogen (secondary N) is 1. The van der Waals surface area contributed by atoms with E-state index in [4.69, 9.17) is 5.11 Å². The van der Waals surface area contributed by atoms with E-state index in [2.05, 4.69) is 5.32 Å². The largest absolute Gasteiger partial charge is 0.504 e. The normalized spacial score (nSPS) is 10.0. The van der Waals surface area contributed by atoms with E-state index in [1.165, 1.54) is 24.3 Å². The third-order valence-electron chi connectivity index (χ3n) is 2.34. The van der Waals surface area contributed by atoms with Gasteiger partial charge in [-0.25, -0.2) is 0 Å². The van der Waals surface area contributed by atoms with Crippen LogP contribution in [-0.4, -0.2) is 15.1 Å². The number of hydrogen-bond donors (Lipinski definition) is 3. The molecule has 0 fully saturated rings. The lowest BCUT2D eigenvalue weighted by atomic mass is 10.2. The van der Waals surface area contributed by atoms with Crippen LogP contribution in [0.3, 0.4) is 0 Å². The number of anilines is 2. The van der Waals surface area contributed by atoms with E-state index in [0.29, 0.717) is 11.4 Å². The minimum atomic E-state index is -0.476. The van der Waals surface area contributed by atoms with Gasteiger partial charge >= 0.3 is 0 Å². The number of aromatic hydroxyl groups is 2. The molecular weight excluding hydrogens is 236 g/mol. The van der Waals surface area contributed by atoms with Crippen LogP contribution in [-0.2, 0) is 0 Å². The predicted octanol–water partition coefficient (Wildman–Crippen LogP) is 2.75. The molecule has 0 saturated heterocycles. The number of benzene rings is 2. The first kappa shape index (κ1) is 11.7. The summed E-state index contributed by atoms with van der Waals surface area (Å²) in [6.45, 7) is 0. The van der Waals surface area contributed by atoms with E-state index in [1.54, 1.807) is 18.2 Å². The van der Waals surface area contributed by atoms with Crippen molar-refractivity contribution < 1.29 is 15.1 Å². The van der Waals surface area contributed by atoms with Crippen LogP contribution < -0.4 is 5.32 Å². The Balaban J connectivity index is 2.18. The molecule has 0 saturated carbocycles. The van der Waals surface area contributed by atoms with Gasteiger partial charge in [0.25, 0.3) is 5.69 Å². The number of nitro benzene ring substituents is 1. The van der Waals surface area contributed by atoms with Crippen molar-refractivity contribution in [3.63, 3.8) is 0 Å². The van der Waals surface area contributed by atoms with E-state index in [0.717, 1.165) is 0 Å². The summed E-state index contributed by atoms with van der Waals surface area (Å²) in [5.41, 5.74) is 1.22. The third kappa shape index (κ3) is 2.49. The lowest BCUT2D eigenvalue weighted by Gasteiger charge is -2.07. The molecule has 18 heavy (non-hydrogen) atoms. The Hall–Kier alpha value is -2.76. The van der Waals surface area contributed by atoms with E-state index in [1.807, 2.05) is 0 Å². The zero-order valence-corrected chi connectivity index (χ0v) is 9.20. The number of nitrogens with zero attached hydrogens (tertiary/aromatic N) is 1. The summed E-state index contributed by atoms with van der Waals surface area (Å²) < 4.78 is 0. The van der Waals surface area contributed by atoms with Gasteiger partial charge in [0.05, 0.1) is 4.92 Å². The molecule has 0 spiro atoms. The van der Waals surface area contributed by atoms with Crippen molar-refractivity contribution in [3.8, 4) is 11.5 Å². The molecule has 0 amide bonds. The number of phenols is 2. The van der Waals surface area contributed by atoms with Crippen molar-refractivity contribution in [3.05, 3.63) is 52.6 Å². The molecule has 92 valence electrons. The second-order valence-electron chi connectivity index (χ2n) is 3.63. The van der Waals surface area contributed by atoms with Crippen LogP contribution in [0.4, 0.5) is 17.1 Å². The molecule has 6 heteroatoms. The van der Waals surface area contributed by atoms with Crippen molar-refractivity contribution in [2.75, 3.05) is 5.32 Å². The molecule has 2 aromatic carbocycles. The Kier molecular flexibility index (Phi) is 3.01. The van der Waals surface area contributed by atoms with Crippen LogP contribution in [0.1, 0.15) is 0 Å². The number of rotatable bonds is 3. The van der Waals surface area contributed by atoms with Crippen molar-refractivity contribution in [2.45, 2.75) is 0 Å². The lowest BCUT2D eigenvalue weighted by Crippen LogP contribution is -1.91. The monoisotopic (exact) mass is 246 g/mol. The Morgan fingerprint density at radius 1 is 0.944 bits per heavy atom. The molecule has 0 heterocycles. The van der Waals surface area contributed by atoms with Gasteiger partial charge in [0.15, 0.2) is 11.5 Å². The Labute approximate surface area is 102 Å². The number of nitro groups is 1. The van der Waals surface area contributed by atoms with Crippen LogP contribution >= 0.6 is 0 Å². The molecule has 3 N–H and O–H groups in total. The number of hydrogen-bond acceptors (Lipinski definition) is 5. The van der Waals surface area contributed by atoms with Crippen LogP contribution in [0.15, 0.2) is 42.5 Å². The van der Waals surface area contributed by atoms with Gasteiger partial charge in [0.2, 0.25) is 0 Å². The lowest BCUT2D eigenvalue weighted by molar-refractivity contribution is -0.384. The summed E-state index contributed by atoms with van der Waals surface area (Å²) in [6.07, 6.45) is 0. The quantitative estimate of drug-likeness (QED) is 0.335. The van der Waals surface area contributed by atoms with E-state index >= 15 is 0 Å². The fourth-order valence-corrected chi connectivity index (χ4v) is 1.43. The summed E-state index contributed by atoms with van der Waals surface area (Å²) >= 11 is 0. The van der Waals surface area contributed by atoms with E-state index < -0.39 is 4.92 Å². The average Bonchev–Trinajstić information content (AvgIpc) is 2.34. The maximum absolute atomic E-state index is 10.5. The predicted molar refractivity (Wildman–Crippen MR) is 66.2 cm³/mol. The van der Waals surface area contributed by atoms with Crippen molar-refractivity contribution in [1.29, 1.82) is 0 Å². The fraction of sp³-hybridized carbons (Fsp3) is 0. The van der Waals surface area contributed by atoms with Crippen molar-refractivity contribution >= 4 is 17.1 Å². The highest BCUT2D eigenvalue weighted by atomic mass is 16.6. The van der Waals surface area contributed by atoms with Gasteiger partial charge in [-0.2, -0.15) is 0 Å². The summed E-state index contributed by atoms with van der Waals surface area (Å²) in [5, 5.41) is 31.9. The van der Waals surface area contributed by atoms with Crippen LogP contribution in [0, 0.1) is 10.1 Å². The fourth-order valence-electron chi connectivity index (χ4n) is 1.43. The molecule has 6 nitrogen and oxygen atoms in total. The maximum Gasteiger partial charge on any atom is 0.269 e. The standard InChI is InChI=1S/C12H10N2O4/c15-11-6-3-9(7-12(11)16)13-8-1-4-10(5-2-8)14(17)18/h1-7,13,15-16H. The molecule has 0 atom stereocenters. The Bertz CT molecular complexity index is 581. The highest BCUT2D eigenvalue weighted by Crippen LogP contribution is 2.29. The molecule has 0 aromatic heterocycles. The first-order chi connectivity index (χ1) is 8.56. The summed E-state index contributed by atoms with van der Waals surface area (Å²) in [4.78, 5) is 10.0. The molecule has 0 aliphatic carbocycles. The number of non-ortho nitro benzene ring substituents is 1. The zero-order chi connectivity index (χ0) is 13.1. The molecule has 2 aromatic rings. The molecule has 2 rings (SSSR count).